The second-order valence-corrected chi connectivity index (χ2v) is 4.07. The van der Waals surface area contributed by atoms with Crippen LogP contribution >= 0.6 is 0 Å². The predicted molar refractivity (Wildman–Crippen MR) is 51.4 cm³/mol. The van der Waals surface area contributed by atoms with E-state index in [1.165, 1.54) is 13.3 Å². The number of hydrogen-bond acceptors (Lipinski definition) is 2. The zero-order valence-electron chi connectivity index (χ0n) is 8.51. The summed E-state index contributed by atoms with van der Waals surface area (Å²) < 4.78 is 0. The van der Waals surface area contributed by atoms with Crippen molar-refractivity contribution in [3.63, 3.8) is 0 Å². The van der Waals surface area contributed by atoms with Gasteiger partial charge in [0.1, 0.15) is 11.6 Å². The summed E-state index contributed by atoms with van der Waals surface area (Å²) in [6.45, 7) is 3.24. The number of Topliss-reactive ketones (excluding diaryl/α,β-unsaturated/α-hetero) is 2. The van der Waals surface area contributed by atoms with Crippen molar-refractivity contribution in [3.8, 4) is 0 Å². The quantitative estimate of drug-likeness (QED) is 0.628. The minimum Gasteiger partial charge on any atom is -0.299 e. The van der Waals surface area contributed by atoms with Gasteiger partial charge in [-0.3, -0.25) is 9.59 Å². The molecule has 1 fully saturated rings. The third kappa shape index (κ3) is 2.64. The molecule has 1 aliphatic rings. The maximum atomic E-state index is 11.7. The summed E-state index contributed by atoms with van der Waals surface area (Å²) in [5.74, 6) is -0.0153. The van der Waals surface area contributed by atoms with Gasteiger partial charge >= 0.3 is 0 Å². The first-order valence-electron chi connectivity index (χ1n) is 5.17. The zero-order valence-corrected chi connectivity index (χ0v) is 8.51. The molecule has 0 aromatic carbocycles. The third-order valence-corrected chi connectivity index (χ3v) is 3.04. The second-order valence-electron chi connectivity index (χ2n) is 4.07. The molecule has 0 N–H and O–H groups in total. The Morgan fingerprint density at radius 2 is 1.69 bits per heavy atom. The normalized spacial score (nSPS) is 21.1. The molecule has 1 unspecified atom stereocenters. The monoisotopic (exact) mass is 182 g/mol. The van der Waals surface area contributed by atoms with Gasteiger partial charge in [0.15, 0.2) is 0 Å². The molecular weight excluding hydrogens is 164 g/mol. The highest BCUT2D eigenvalue weighted by Gasteiger charge is 2.27. The van der Waals surface area contributed by atoms with E-state index < -0.39 is 0 Å². The van der Waals surface area contributed by atoms with E-state index in [2.05, 4.69) is 0 Å². The number of hydrogen-bond donors (Lipinski definition) is 0. The number of carbonyl (C=O) groups is 2. The number of rotatable bonds is 3. The zero-order chi connectivity index (χ0) is 9.84. The van der Waals surface area contributed by atoms with Crippen LogP contribution < -0.4 is 0 Å². The Balaban J connectivity index is 2.50. The summed E-state index contributed by atoms with van der Waals surface area (Å²) in [5.41, 5.74) is 0. The summed E-state index contributed by atoms with van der Waals surface area (Å²) in [5, 5.41) is 0. The Morgan fingerprint density at radius 1 is 1.15 bits per heavy atom. The van der Waals surface area contributed by atoms with E-state index in [1.807, 2.05) is 0 Å². The van der Waals surface area contributed by atoms with Gasteiger partial charge < -0.3 is 0 Å². The summed E-state index contributed by atoms with van der Waals surface area (Å²) >= 11 is 0. The molecule has 1 aliphatic carbocycles. The molecule has 0 aliphatic heterocycles. The van der Waals surface area contributed by atoms with Crippen LogP contribution in [0.4, 0.5) is 0 Å². The summed E-state index contributed by atoms with van der Waals surface area (Å²) in [6, 6.07) is 0. The highest BCUT2D eigenvalue weighted by Crippen LogP contribution is 2.26. The molecule has 0 radical (unpaired) electrons. The first-order chi connectivity index (χ1) is 6.13. The van der Waals surface area contributed by atoms with Gasteiger partial charge in [-0.15, -0.1) is 0 Å². The van der Waals surface area contributed by atoms with Crippen molar-refractivity contribution in [2.75, 3.05) is 0 Å². The second kappa shape index (κ2) is 4.54. The fraction of sp³-hybridized carbons (Fsp3) is 0.818. The van der Waals surface area contributed by atoms with Gasteiger partial charge in [0.25, 0.3) is 0 Å². The van der Waals surface area contributed by atoms with Crippen LogP contribution in [0.5, 0.6) is 0 Å². The van der Waals surface area contributed by atoms with Gasteiger partial charge in [0.05, 0.1) is 5.92 Å². The molecule has 0 bridgehead atoms. The Kier molecular flexibility index (Phi) is 3.64. The Labute approximate surface area is 79.7 Å². The van der Waals surface area contributed by atoms with E-state index in [1.54, 1.807) is 6.92 Å². The van der Waals surface area contributed by atoms with E-state index in [0.29, 0.717) is 0 Å². The third-order valence-electron chi connectivity index (χ3n) is 3.04. The molecule has 0 aromatic heterocycles. The van der Waals surface area contributed by atoms with Crippen LogP contribution in [-0.4, -0.2) is 11.6 Å². The Morgan fingerprint density at radius 3 is 2.15 bits per heavy atom. The lowest BCUT2D eigenvalue weighted by molar-refractivity contribution is -0.134. The standard InChI is InChI=1S/C11H18O2/c1-8(9(2)12)11(13)10-6-4-3-5-7-10/h8,10H,3-7H2,1-2H3. The fourth-order valence-electron chi connectivity index (χ4n) is 1.94. The van der Waals surface area contributed by atoms with Crippen LogP contribution in [0.2, 0.25) is 0 Å². The lowest BCUT2D eigenvalue weighted by atomic mass is 9.81. The van der Waals surface area contributed by atoms with Crippen molar-refractivity contribution in [2.45, 2.75) is 46.0 Å². The molecule has 0 aromatic rings. The van der Waals surface area contributed by atoms with Crippen molar-refractivity contribution in [1.82, 2.24) is 0 Å². The summed E-state index contributed by atoms with van der Waals surface area (Å²) in [4.78, 5) is 22.7. The molecule has 0 saturated heterocycles. The molecular formula is C11H18O2. The van der Waals surface area contributed by atoms with Crippen LogP contribution in [0.3, 0.4) is 0 Å². The van der Waals surface area contributed by atoms with E-state index in [0.717, 1.165) is 25.7 Å². The highest BCUT2D eigenvalue weighted by molar-refractivity contribution is 6.01. The van der Waals surface area contributed by atoms with E-state index in [9.17, 15) is 9.59 Å². The summed E-state index contributed by atoms with van der Waals surface area (Å²) in [6.07, 6.45) is 5.55. The molecule has 1 atom stereocenters. The van der Waals surface area contributed by atoms with E-state index in [4.69, 9.17) is 0 Å². The number of carbonyl (C=O) groups excluding carboxylic acids is 2. The van der Waals surface area contributed by atoms with Crippen molar-refractivity contribution in [2.24, 2.45) is 11.8 Å². The molecule has 1 saturated carbocycles. The Bertz CT molecular complexity index is 202. The van der Waals surface area contributed by atoms with Gasteiger partial charge in [-0.1, -0.05) is 19.3 Å². The average molecular weight is 182 g/mol. The molecule has 0 amide bonds. The molecule has 74 valence electrons. The van der Waals surface area contributed by atoms with Gasteiger partial charge in [-0.25, -0.2) is 0 Å². The molecule has 0 spiro atoms. The molecule has 2 nitrogen and oxygen atoms in total. The number of ketones is 2. The van der Waals surface area contributed by atoms with Crippen LogP contribution in [0, 0.1) is 11.8 Å². The van der Waals surface area contributed by atoms with Crippen molar-refractivity contribution >= 4 is 11.6 Å². The van der Waals surface area contributed by atoms with Crippen LogP contribution in [-0.2, 0) is 9.59 Å². The first-order valence-corrected chi connectivity index (χ1v) is 5.17. The largest absolute Gasteiger partial charge is 0.299 e. The lowest BCUT2D eigenvalue weighted by Crippen LogP contribution is -2.27. The predicted octanol–water partition coefficient (Wildman–Crippen LogP) is 2.36. The maximum Gasteiger partial charge on any atom is 0.146 e. The lowest BCUT2D eigenvalue weighted by Gasteiger charge is -2.22. The van der Waals surface area contributed by atoms with Gasteiger partial charge in [0.2, 0.25) is 0 Å². The first kappa shape index (κ1) is 10.4. The molecule has 13 heavy (non-hydrogen) atoms. The van der Waals surface area contributed by atoms with E-state index in [-0.39, 0.29) is 23.4 Å². The van der Waals surface area contributed by atoms with Crippen molar-refractivity contribution < 1.29 is 9.59 Å². The smallest absolute Gasteiger partial charge is 0.146 e. The van der Waals surface area contributed by atoms with Crippen LogP contribution in [0.15, 0.2) is 0 Å². The SMILES string of the molecule is CC(=O)C(C)C(=O)C1CCCCC1. The van der Waals surface area contributed by atoms with Crippen molar-refractivity contribution in [1.29, 1.82) is 0 Å². The molecule has 1 rings (SSSR count). The minimum atomic E-state index is -0.372. The van der Waals surface area contributed by atoms with Gasteiger partial charge in [-0.2, -0.15) is 0 Å². The fourth-order valence-corrected chi connectivity index (χ4v) is 1.94. The summed E-state index contributed by atoms with van der Waals surface area (Å²) in [7, 11) is 0. The van der Waals surface area contributed by atoms with Crippen LogP contribution in [0.25, 0.3) is 0 Å². The van der Waals surface area contributed by atoms with Crippen molar-refractivity contribution in [3.05, 3.63) is 0 Å². The molecule has 2 heteroatoms. The highest BCUT2D eigenvalue weighted by atomic mass is 16.1. The Hall–Kier alpha value is -0.660. The topological polar surface area (TPSA) is 34.1 Å². The van der Waals surface area contributed by atoms with E-state index >= 15 is 0 Å². The maximum absolute atomic E-state index is 11.7. The molecule has 0 heterocycles. The van der Waals surface area contributed by atoms with Gasteiger partial charge in [-0.05, 0) is 26.7 Å². The average Bonchev–Trinajstić information content (AvgIpc) is 2.17. The van der Waals surface area contributed by atoms with Crippen LogP contribution in [0.1, 0.15) is 46.0 Å². The minimum absolute atomic E-state index is 0.00979. The van der Waals surface area contributed by atoms with Gasteiger partial charge in [0, 0.05) is 5.92 Å².